The summed E-state index contributed by atoms with van der Waals surface area (Å²) in [5.41, 5.74) is 0.842. The lowest BCUT2D eigenvalue weighted by Crippen LogP contribution is -2.41. The zero-order chi connectivity index (χ0) is 15.1. The van der Waals surface area contributed by atoms with Crippen LogP contribution in [0.25, 0.3) is 10.8 Å². The molecule has 2 aromatic carbocycles. The highest BCUT2D eigenvalue weighted by atomic mass is 32.2. The standard InChI is InChI=1S/C19H20O2S/c20-19(14-11-15-7-4-8-16(12-14)22(15)21)18-10-3-6-13-5-1-2-9-17(13)18/h1-3,5-6,9-10,14-16H,4,7-8,11-12H2. The molecule has 2 atom stereocenters. The first-order valence-corrected chi connectivity index (χ1v) is 9.43. The van der Waals surface area contributed by atoms with Crippen LogP contribution in [0.4, 0.5) is 0 Å². The smallest absolute Gasteiger partial charge is 0.166 e. The predicted molar refractivity (Wildman–Crippen MR) is 90.6 cm³/mol. The van der Waals surface area contributed by atoms with Gasteiger partial charge in [0.2, 0.25) is 0 Å². The number of Topliss-reactive ketones (excluding diaryl/α,β-unsaturated/α-hetero) is 1. The van der Waals surface area contributed by atoms with Gasteiger partial charge >= 0.3 is 0 Å². The minimum Gasteiger partial charge on any atom is -0.294 e. The molecule has 0 aromatic heterocycles. The van der Waals surface area contributed by atoms with Gasteiger partial charge in [-0.1, -0.05) is 48.9 Å². The Morgan fingerprint density at radius 1 is 0.955 bits per heavy atom. The molecule has 0 radical (unpaired) electrons. The molecule has 0 spiro atoms. The number of carbonyl (C=O) groups is 1. The summed E-state index contributed by atoms with van der Waals surface area (Å²) >= 11 is 0. The van der Waals surface area contributed by atoms with Gasteiger partial charge in [-0.2, -0.15) is 0 Å². The Morgan fingerprint density at radius 3 is 2.41 bits per heavy atom. The third-order valence-corrected chi connectivity index (χ3v) is 7.40. The molecule has 2 heterocycles. The maximum absolute atomic E-state index is 13.1. The summed E-state index contributed by atoms with van der Waals surface area (Å²) in [4.78, 5) is 13.1. The van der Waals surface area contributed by atoms with E-state index in [9.17, 15) is 9.00 Å². The third kappa shape index (κ3) is 2.32. The monoisotopic (exact) mass is 312 g/mol. The van der Waals surface area contributed by atoms with Gasteiger partial charge in [0.25, 0.3) is 0 Å². The number of rotatable bonds is 2. The van der Waals surface area contributed by atoms with E-state index in [4.69, 9.17) is 0 Å². The van der Waals surface area contributed by atoms with Gasteiger partial charge < -0.3 is 0 Å². The predicted octanol–water partition coefficient (Wildman–Crippen LogP) is 4.10. The van der Waals surface area contributed by atoms with Crippen LogP contribution < -0.4 is 0 Å². The van der Waals surface area contributed by atoms with Crippen molar-refractivity contribution in [2.75, 3.05) is 0 Å². The first-order valence-electron chi connectivity index (χ1n) is 8.15. The Balaban J connectivity index is 1.68. The van der Waals surface area contributed by atoms with Crippen LogP contribution in [0.5, 0.6) is 0 Å². The fraction of sp³-hybridized carbons (Fsp3) is 0.421. The molecule has 114 valence electrons. The van der Waals surface area contributed by atoms with E-state index >= 15 is 0 Å². The van der Waals surface area contributed by atoms with Crippen molar-refractivity contribution < 1.29 is 9.00 Å². The fourth-order valence-electron chi connectivity index (χ4n) is 4.11. The van der Waals surface area contributed by atoms with Crippen molar-refractivity contribution in [2.24, 2.45) is 5.92 Å². The van der Waals surface area contributed by atoms with Gasteiger partial charge in [0.15, 0.2) is 5.78 Å². The van der Waals surface area contributed by atoms with Crippen molar-refractivity contribution in [1.82, 2.24) is 0 Å². The second kappa shape index (κ2) is 5.62. The van der Waals surface area contributed by atoms with Crippen LogP contribution in [0.3, 0.4) is 0 Å². The van der Waals surface area contributed by atoms with E-state index in [2.05, 4.69) is 12.1 Å². The molecule has 2 aromatic rings. The molecule has 2 aliphatic rings. The first-order chi connectivity index (χ1) is 10.7. The molecule has 0 saturated carbocycles. The quantitative estimate of drug-likeness (QED) is 0.782. The van der Waals surface area contributed by atoms with Gasteiger partial charge in [-0.15, -0.1) is 0 Å². The van der Waals surface area contributed by atoms with Crippen molar-refractivity contribution in [3.63, 3.8) is 0 Å². The summed E-state index contributed by atoms with van der Waals surface area (Å²) in [6, 6.07) is 14.1. The topological polar surface area (TPSA) is 34.1 Å². The molecule has 2 nitrogen and oxygen atoms in total. The summed E-state index contributed by atoms with van der Waals surface area (Å²) in [6.45, 7) is 0. The molecule has 0 aliphatic carbocycles. The molecule has 3 heteroatoms. The number of hydrogen-bond donors (Lipinski definition) is 0. The number of fused-ring (bicyclic) bond motifs is 3. The number of hydrogen-bond acceptors (Lipinski definition) is 2. The average molecular weight is 312 g/mol. The molecule has 22 heavy (non-hydrogen) atoms. The normalized spacial score (nSPS) is 31.1. The number of benzene rings is 2. The summed E-state index contributed by atoms with van der Waals surface area (Å²) in [7, 11) is -0.709. The van der Waals surface area contributed by atoms with Crippen LogP contribution in [0.1, 0.15) is 42.5 Å². The van der Waals surface area contributed by atoms with E-state index in [-0.39, 0.29) is 22.2 Å². The number of carbonyl (C=O) groups excluding carboxylic acids is 1. The lowest BCUT2D eigenvalue weighted by atomic mass is 9.83. The van der Waals surface area contributed by atoms with Crippen LogP contribution in [-0.4, -0.2) is 20.5 Å². The van der Waals surface area contributed by atoms with Gasteiger partial charge in [-0.3, -0.25) is 9.00 Å². The highest BCUT2D eigenvalue weighted by Gasteiger charge is 2.40. The maximum Gasteiger partial charge on any atom is 0.166 e. The van der Waals surface area contributed by atoms with Crippen molar-refractivity contribution in [3.05, 3.63) is 48.0 Å². The molecule has 0 N–H and O–H groups in total. The summed E-state index contributed by atoms with van der Waals surface area (Å²) < 4.78 is 12.3. The summed E-state index contributed by atoms with van der Waals surface area (Å²) in [6.07, 6.45) is 4.86. The highest BCUT2D eigenvalue weighted by molar-refractivity contribution is 7.86. The van der Waals surface area contributed by atoms with Crippen LogP contribution in [0.2, 0.25) is 0 Å². The Morgan fingerprint density at radius 2 is 1.64 bits per heavy atom. The van der Waals surface area contributed by atoms with Gasteiger partial charge in [0, 0.05) is 32.8 Å². The molecule has 2 aliphatic heterocycles. The highest BCUT2D eigenvalue weighted by Crippen LogP contribution is 2.38. The Hall–Kier alpha value is -1.48. The molecular weight excluding hydrogens is 292 g/mol. The van der Waals surface area contributed by atoms with Gasteiger partial charge in [0.1, 0.15) is 0 Å². The zero-order valence-corrected chi connectivity index (χ0v) is 13.4. The first kappa shape index (κ1) is 14.1. The molecule has 2 bridgehead atoms. The number of ketones is 1. The third-order valence-electron chi connectivity index (χ3n) is 5.23. The SMILES string of the molecule is O=C(c1cccc2ccccc12)C1CC2CCCC(C1)S2=O. The Bertz CT molecular complexity index is 731. The minimum absolute atomic E-state index is 0.0545. The summed E-state index contributed by atoms with van der Waals surface area (Å²) in [5, 5.41) is 2.66. The van der Waals surface area contributed by atoms with Crippen LogP contribution in [0, 0.1) is 5.92 Å². The average Bonchev–Trinajstić information content (AvgIpc) is 2.53. The Kier molecular flexibility index (Phi) is 3.61. The van der Waals surface area contributed by atoms with E-state index in [1.807, 2.05) is 30.3 Å². The van der Waals surface area contributed by atoms with Crippen LogP contribution >= 0.6 is 0 Å². The van der Waals surface area contributed by atoms with E-state index in [1.54, 1.807) is 0 Å². The van der Waals surface area contributed by atoms with Gasteiger partial charge in [0.05, 0.1) is 0 Å². The van der Waals surface area contributed by atoms with E-state index in [0.29, 0.717) is 0 Å². The van der Waals surface area contributed by atoms with E-state index < -0.39 is 10.8 Å². The van der Waals surface area contributed by atoms with Gasteiger partial charge in [-0.05, 0) is 36.5 Å². The van der Waals surface area contributed by atoms with Crippen molar-refractivity contribution in [1.29, 1.82) is 0 Å². The van der Waals surface area contributed by atoms with Gasteiger partial charge in [-0.25, -0.2) is 0 Å². The molecular formula is C19H20O2S. The largest absolute Gasteiger partial charge is 0.294 e. The fourth-order valence-corrected chi connectivity index (χ4v) is 6.29. The van der Waals surface area contributed by atoms with Crippen LogP contribution in [0.15, 0.2) is 42.5 Å². The lowest BCUT2D eigenvalue weighted by molar-refractivity contribution is 0.0897. The van der Waals surface area contributed by atoms with Crippen molar-refractivity contribution in [2.45, 2.75) is 42.6 Å². The maximum atomic E-state index is 13.1. The molecule has 0 amide bonds. The summed E-state index contributed by atoms with van der Waals surface area (Å²) in [5.74, 6) is 0.309. The second-order valence-electron chi connectivity index (χ2n) is 6.56. The lowest BCUT2D eigenvalue weighted by Gasteiger charge is -2.37. The molecule has 2 unspecified atom stereocenters. The molecule has 2 fully saturated rings. The van der Waals surface area contributed by atoms with Crippen molar-refractivity contribution in [3.8, 4) is 0 Å². The molecule has 2 saturated heterocycles. The van der Waals surface area contributed by atoms with E-state index in [1.165, 1.54) is 6.42 Å². The molecule has 4 rings (SSSR count). The Labute approximate surface area is 133 Å². The van der Waals surface area contributed by atoms with Crippen molar-refractivity contribution >= 4 is 27.4 Å². The second-order valence-corrected chi connectivity index (χ2v) is 8.55. The van der Waals surface area contributed by atoms with Crippen LogP contribution in [-0.2, 0) is 10.8 Å². The zero-order valence-electron chi connectivity index (χ0n) is 12.5. The van der Waals surface area contributed by atoms with E-state index in [0.717, 1.165) is 42.0 Å². The minimum atomic E-state index is -0.709.